The van der Waals surface area contributed by atoms with E-state index < -0.39 is 0 Å². The number of rotatable bonds is 10. The average molecular weight is 571 g/mol. The van der Waals surface area contributed by atoms with Crippen LogP contribution in [-0.2, 0) is 16.1 Å². The molecule has 0 spiro atoms. The van der Waals surface area contributed by atoms with Crippen LogP contribution in [0.1, 0.15) is 17.0 Å². The molecule has 0 saturated heterocycles. The van der Waals surface area contributed by atoms with E-state index in [-0.39, 0.29) is 30.7 Å². The van der Waals surface area contributed by atoms with Crippen LogP contribution in [0.2, 0.25) is 10.0 Å². The summed E-state index contributed by atoms with van der Waals surface area (Å²) in [7, 11) is 0. The molecular formula is C27H25Cl2N5O3S. The van der Waals surface area contributed by atoms with Crippen molar-refractivity contribution < 1.29 is 14.3 Å². The van der Waals surface area contributed by atoms with Crippen molar-refractivity contribution in [3.63, 3.8) is 0 Å². The van der Waals surface area contributed by atoms with E-state index in [0.29, 0.717) is 26.8 Å². The van der Waals surface area contributed by atoms with Gasteiger partial charge < -0.3 is 15.4 Å². The number of aryl methyl sites for hydroxylation is 2. The Bertz CT molecular complexity index is 1460. The zero-order chi connectivity index (χ0) is 27.1. The topological polar surface area (TPSA) is 98.1 Å². The first-order chi connectivity index (χ1) is 18.3. The summed E-state index contributed by atoms with van der Waals surface area (Å²) in [6.07, 6.45) is 0. The van der Waals surface area contributed by atoms with Gasteiger partial charge in [0.2, 0.25) is 5.91 Å². The van der Waals surface area contributed by atoms with Gasteiger partial charge in [0.1, 0.15) is 5.75 Å². The van der Waals surface area contributed by atoms with Gasteiger partial charge in [0, 0.05) is 16.4 Å². The predicted molar refractivity (Wildman–Crippen MR) is 150 cm³/mol. The fraction of sp³-hybridized carbons (Fsp3) is 0.185. The Labute approximate surface area is 234 Å². The summed E-state index contributed by atoms with van der Waals surface area (Å²) >= 11 is 13.3. The summed E-state index contributed by atoms with van der Waals surface area (Å²) in [6, 6.07) is 20.2. The van der Waals surface area contributed by atoms with Crippen LogP contribution >= 0.6 is 35.0 Å². The molecule has 0 aliphatic rings. The quantitative estimate of drug-likeness (QED) is 0.241. The minimum Gasteiger partial charge on any atom is -0.482 e. The van der Waals surface area contributed by atoms with E-state index >= 15 is 0 Å². The smallest absolute Gasteiger partial charge is 0.258 e. The van der Waals surface area contributed by atoms with Crippen molar-refractivity contribution in [2.75, 3.05) is 17.7 Å². The summed E-state index contributed by atoms with van der Waals surface area (Å²) in [6.45, 7) is 3.82. The normalized spacial score (nSPS) is 10.7. The number of ether oxygens (including phenoxy) is 1. The number of amides is 2. The summed E-state index contributed by atoms with van der Waals surface area (Å²) in [5.41, 5.74) is 3.67. The van der Waals surface area contributed by atoms with Crippen LogP contribution in [0.3, 0.4) is 0 Å². The fourth-order valence-electron chi connectivity index (χ4n) is 3.55. The molecule has 196 valence electrons. The highest BCUT2D eigenvalue weighted by molar-refractivity contribution is 7.99. The molecule has 0 bridgehead atoms. The Kier molecular flexibility index (Phi) is 9.28. The molecule has 4 aromatic rings. The highest BCUT2D eigenvalue weighted by Crippen LogP contribution is 2.27. The predicted octanol–water partition coefficient (Wildman–Crippen LogP) is 5.62. The van der Waals surface area contributed by atoms with Gasteiger partial charge in [-0.1, -0.05) is 59.2 Å². The Morgan fingerprint density at radius 3 is 2.45 bits per heavy atom. The highest BCUT2D eigenvalue weighted by atomic mass is 35.5. The van der Waals surface area contributed by atoms with Gasteiger partial charge in [0.05, 0.1) is 17.3 Å². The maximum atomic E-state index is 12.6. The summed E-state index contributed by atoms with van der Waals surface area (Å²) < 4.78 is 7.33. The van der Waals surface area contributed by atoms with E-state index in [2.05, 4.69) is 20.8 Å². The van der Waals surface area contributed by atoms with Crippen molar-refractivity contribution in [1.29, 1.82) is 0 Å². The molecule has 8 nitrogen and oxygen atoms in total. The molecule has 0 fully saturated rings. The van der Waals surface area contributed by atoms with E-state index in [0.717, 1.165) is 22.5 Å². The number of nitrogens with zero attached hydrogens (tertiary/aromatic N) is 3. The second-order valence-electron chi connectivity index (χ2n) is 8.42. The van der Waals surface area contributed by atoms with Crippen LogP contribution in [0.5, 0.6) is 5.75 Å². The monoisotopic (exact) mass is 569 g/mol. The van der Waals surface area contributed by atoms with E-state index in [1.54, 1.807) is 18.2 Å². The zero-order valence-electron chi connectivity index (χ0n) is 20.7. The molecule has 2 amide bonds. The van der Waals surface area contributed by atoms with Crippen LogP contribution in [0.4, 0.5) is 5.69 Å². The molecule has 0 atom stereocenters. The van der Waals surface area contributed by atoms with Gasteiger partial charge in [-0.15, -0.1) is 10.2 Å². The minimum absolute atomic E-state index is 0.105. The van der Waals surface area contributed by atoms with Crippen LogP contribution in [0, 0.1) is 13.8 Å². The van der Waals surface area contributed by atoms with E-state index in [4.69, 9.17) is 27.9 Å². The number of halogens is 2. The first-order valence-corrected chi connectivity index (χ1v) is 13.4. The first kappa shape index (κ1) is 27.5. The van der Waals surface area contributed by atoms with Gasteiger partial charge >= 0.3 is 0 Å². The molecule has 2 N–H and O–H groups in total. The standard InChI is InChI=1S/C27H25Cl2N5O3S/c1-17-5-3-7-20(11-17)31-26(36)16-38-27-33-32-24(34(27)21-8-4-6-18(2)12-21)14-30-25(35)15-37-23-10-9-19(28)13-22(23)29/h3-13H,14-16H2,1-2H3,(H,30,35)(H,31,36). The molecule has 38 heavy (non-hydrogen) atoms. The molecule has 11 heteroatoms. The van der Waals surface area contributed by atoms with Gasteiger partial charge in [0.25, 0.3) is 5.91 Å². The molecular weight excluding hydrogens is 545 g/mol. The van der Waals surface area contributed by atoms with Gasteiger partial charge in [-0.25, -0.2) is 0 Å². The molecule has 4 rings (SSSR count). The summed E-state index contributed by atoms with van der Waals surface area (Å²) in [5, 5.41) is 15.6. The fourth-order valence-corrected chi connectivity index (χ4v) is 4.78. The maximum absolute atomic E-state index is 12.6. The second-order valence-corrected chi connectivity index (χ2v) is 10.2. The van der Waals surface area contributed by atoms with Crippen molar-refractivity contribution in [3.05, 3.63) is 93.7 Å². The maximum Gasteiger partial charge on any atom is 0.258 e. The lowest BCUT2D eigenvalue weighted by Crippen LogP contribution is -2.29. The molecule has 0 saturated carbocycles. The lowest BCUT2D eigenvalue weighted by Gasteiger charge is -2.12. The number of aromatic nitrogens is 3. The van der Waals surface area contributed by atoms with Crippen LogP contribution in [0.15, 0.2) is 71.9 Å². The number of nitrogens with one attached hydrogen (secondary N) is 2. The first-order valence-electron chi connectivity index (χ1n) is 11.6. The molecule has 1 aromatic heterocycles. The van der Waals surface area contributed by atoms with Crippen LogP contribution < -0.4 is 15.4 Å². The third-order valence-electron chi connectivity index (χ3n) is 5.29. The molecule has 0 aliphatic carbocycles. The third-order valence-corrected chi connectivity index (χ3v) is 6.75. The number of carbonyl (C=O) groups excluding carboxylic acids is 2. The number of thioether (sulfide) groups is 1. The molecule has 0 unspecified atom stereocenters. The van der Waals surface area contributed by atoms with E-state index in [9.17, 15) is 9.59 Å². The van der Waals surface area contributed by atoms with Gasteiger partial charge in [-0.2, -0.15) is 0 Å². The van der Waals surface area contributed by atoms with Crippen LogP contribution in [0.25, 0.3) is 5.69 Å². The van der Waals surface area contributed by atoms with Crippen molar-refractivity contribution in [2.24, 2.45) is 0 Å². The number of benzene rings is 3. The van der Waals surface area contributed by atoms with Crippen molar-refractivity contribution in [2.45, 2.75) is 25.5 Å². The Morgan fingerprint density at radius 1 is 0.947 bits per heavy atom. The molecule has 0 aliphatic heterocycles. The summed E-state index contributed by atoms with van der Waals surface area (Å²) in [5.74, 6) is 0.487. The van der Waals surface area contributed by atoms with Crippen molar-refractivity contribution in [3.8, 4) is 11.4 Å². The molecule has 3 aromatic carbocycles. The lowest BCUT2D eigenvalue weighted by molar-refractivity contribution is -0.123. The lowest BCUT2D eigenvalue weighted by atomic mass is 10.2. The minimum atomic E-state index is -0.360. The SMILES string of the molecule is Cc1cccc(NC(=O)CSc2nnc(CNC(=O)COc3ccc(Cl)cc3Cl)n2-c2cccc(C)c2)c1. The Morgan fingerprint density at radius 2 is 1.71 bits per heavy atom. The Balaban J connectivity index is 1.43. The molecule has 0 radical (unpaired) electrons. The third kappa shape index (κ3) is 7.50. The van der Waals surface area contributed by atoms with Gasteiger partial charge in [-0.3, -0.25) is 14.2 Å². The highest BCUT2D eigenvalue weighted by Gasteiger charge is 2.17. The number of carbonyl (C=O) groups is 2. The number of hydrogen-bond donors (Lipinski definition) is 2. The number of hydrogen-bond acceptors (Lipinski definition) is 6. The van der Waals surface area contributed by atoms with Crippen molar-refractivity contribution in [1.82, 2.24) is 20.1 Å². The van der Waals surface area contributed by atoms with Crippen molar-refractivity contribution >= 4 is 52.5 Å². The van der Waals surface area contributed by atoms with Crippen LogP contribution in [-0.4, -0.2) is 38.9 Å². The van der Waals surface area contributed by atoms with Gasteiger partial charge in [0.15, 0.2) is 17.6 Å². The van der Waals surface area contributed by atoms with Gasteiger partial charge in [-0.05, 0) is 67.4 Å². The molecule has 1 heterocycles. The number of anilines is 1. The largest absolute Gasteiger partial charge is 0.482 e. The second kappa shape index (κ2) is 12.8. The van der Waals surface area contributed by atoms with E-state index in [1.165, 1.54) is 11.8 Å². The zero-order valence-corrected chi connectivity index (χ0v) is 23.0. The average Bonchev–Trinajstić information content (AvgIpc) is 3.28. The summed E-state index contributed by atoms with van der Waals surface area (Å²) in [4.78, 5) is 25.0. The Hall–Kier alpha value is -3.53. The van der Waals surface area contributed by atoms with E-state index in [1.807, 2.05) is 66.9 Å².